The molecule has 4 nitrogen and oxygen atoms in total. The summed E-state index contributed by atoms with van der Waals surface area (Å²) in [6, 6.07) is 8.00. The molecular formula is C14H17N3OS. The van der Waals surface area contributed by atoms with Gasteiger partial charge in [0.2, 0.25) is 0 Å². The summed E-state index contributed by atoms with van der Waals surface area (Å²) in [4.78, 5) is 12.3. The first kappa shape index (κ1) is 12.5. The van der Waals surface area contributed by atoms with E-state index in [2.05, 4.69) is 21.8 Å². The second-order valence-electron chi connectivity index (χ2n) is 4.96. The van der Waals surface area contributed by atoms with E-state index in [1.165, 1.54) is 6.42 Å². The van der Waals surface area contributed by atoms with Crippen molar-refractivity contribution in [2.24, 2.45) is 0 Å². The van der Waals surface area contributed by atoms with E-state index in [1.54, 1.807) is 0 Å². The lowest BCUT2D eigenvalue weighted by molar-refractivity contribution is 0.0934. The van der Waals surface area contributed by atoms with Crippen molar-refractivity contribution >= 4 is 28.6 Å². The topological polar surface area (TPSA) is 57.8 Å². The Morgan fingerprint density at radius 1 is 1.42 bits per heavy atom. The van der Waals surface area contributed by atoms with E-state index in [4.69, 9.17) is 0 Å². The Kier molecular flexibility index (Phi) is 3.46. The predicted molar refractivity (Wildman–Crippen MR) is 78.5 cm³/mol. The number of carbonyl (C=O) groups excluding carboxylic acids is 1. The van der Waals surface area contributed by atoms with Gasteiger partial charge >= 0.3 is 0 Å². The number of carbonyl (C=O) groups is 1. The molecule has 1 aliphatic rings. The Morgan fingerprint density at radius 2 is 2.26 bits per heavy atom. The van der Waals surface area contributed by atoms with Crippen molar-refractivity contribution in [1.29, 1.82) is 0 Å². The molecule has 1 saturated carbocycles. The number of rotatable bonds is 3. The van der Waals surface area contributed by atoms with Crippen LogP contribution >= 0.6 is 11.8 Å². The van der Waals surface area contributed by atoms with Crippen molar-refractivity contribution < 1.29 is 4.79 Å². The van der Waals surface area contributed by atoms with Gasteiger partial charge in [-0.25, -0.2) is 0 Å². The van der Waals surface area contributed by atoms with Gasteiger partial charge < -0.3 is 5.32 Å². The Labute approximate surface area is 116 Å². The molecule has 19 heavy (non-hydrogen) atoms. The third-order valence-corrected chi connectivity index (χ3v) is 4.83. The molecule has 2 unspecified atom stereocenters. The van der Waals surface area contributed by atoms with Crippen LogP contribution in [0, 0.1) is 0 Å². The highest BCUT2D eigenvalue weighted by Gasteiger charge is 2.26. The van der Waals surface area contributed by atoms with Gasteiger partial charge in [-0.1, -0.05) is 18.2 Å². The molecule has 1 aliphatic carbocycles. The zero-order valence-electron chi connectivity index (χ0n) is 10.8. The van der Waals surface area contributed by atoms with Gasteiger partial charge in [0.25, 0.3) is 5.91 Å². The maximum Gasteiger partial charge on any atom is 0.272 e. The molecule has 0 spiro atoms. The SMILES string of the molecule is CSC1CCC(NC(=O)c2n[nH]c3ccccc23)C1. The summed E-state index contributed by atoms with van der Waals surface area (Å²) in [5.41, 5.74) is 1.41. The van der Waals surface area contributed by atoms with Crippen molar-refractivity contribution in [2.75, 3.05) is 6.26 Å². The fourth-order valence-electron chi connectivity index (χ4n) is 2.68. The minimum absolute atomic E-state index is 0.0656. The van der Waals surface area contributed by atoms with Gasteiger partial charge in [0.05, 0.1) is 5.52 Å². The number of H-pyrrole nitrogens is 1. The summed E-state index contributed by atoms with van der Waals surface area (Å²) in [7, 11) is 0. The van der Waals surface area contributed by atoms with Crippen molar-refractivity contribution in [3.05, 3.63) is 30.0 Å². The largest absolute Gasteiger partial charge is 0.348 e. The second kappa shape index (κ2) is 5.25. The molecule has 3 rings (SSSR count). The Morgan fingerprint density at radius 3 is 3.05 bits per heavy atom. The average molecular weight is 275 g/mol. The van der Waals surface area contributed by atoms with Crippen LogP contribution in [0.3, 0.4) is 0 Å². The number of hydrogen-bond donors (Lipinski definition) is 2. The predicted octanol–water partition coefficient (Wildman–Crippen LogP) is 2.58. The molecule has 1 amide bonds. The second-order valence-corrected chi connectivity index (χ2v) is 6.10. The Balaban J connectivity index is 1.74. The van der Waals surface area contributed by atoms with E-state index in [1.807, 2.05) is 36.0 Å². The van der Waals surface area contributed by atoms with E-state index in [-0.39, 0.29) is 5.91 Å². The average Bonchev–Trinajstić information content (AvgIpc) is 3.04. The fraction of sp³-hybridized carbons (Fsp3) is 0.429. The van der Waals surface area contributed by atoms with E-state index in [0.29, 0.717) is 17.0 Å². The minimum atomic E-state index is -0.0656. The van der Waals surface area contributed by atoms with Crippen LogP contribution < -0.4 is 5.32 Å². The summed E-state index contributed by atoms with van der Waals surface area (Å²) in [6.07, 6.45) is 5.46. The van der Waals surface area contributed by atoms with Crippen LogP contribution in [-0.4, -0.2) is 33.7 Å². The number of thioether (sulfide) groups is 1. The van der Waals surface area contributed by atoms with E-state index in [9.17, 15) is 4.79 Å². The van der Waals surface area contributed by atoms with Gasteiger partial charge in [0, 0.05) is 16.7 Å². The number of nitrogens with zero attached hydrogens (tertiary/aromatic N) is 1. The molecule has 0 bridgehead atoms. The molecule has 5 heteroatoms. The molecule has 2 aromatic rings. The molecule has 2 N–H and O–H groups in total. The van der Waals surface area contributed by atoms with Crippen molar-refractivity contribution in [2.45, 2.75) is 30.6 Å². The van der Waals surface area contributed by atoms with Crippen molar-refractivity contribution in [3.8, 4) is 0 Å². The number of nitrogens with one attached hydrogen (secondary N) is 2. The highest BCUT2D eigenvalue weighted by molar-refractivity contribution is 7.99. The number of amides is 1. The van der Waals surface area contributed by atoms with Crippen LogP contribution in [0.2, 0.25) is 0 Å². The normalized spacial score (nSPS) is 22.8. The Hall–Kier alpha value is -1.49. The highest BCUT2D eigenvalue weighted by Crippen LogP contribution is 2.28. The monoisotopic (exact) mass is 275 g/mol. The van der Waals surface area contributed by atoms with Gasteiger partial charge in [-0.15, -0.1) is 0 Å². The molecule has 0 radical (unpaired) electrons. The van der Waals surface area contributed by atoms with Crippen LogP contribution in [0.1, 0.15) is 29.8 Å². The lowest BCUT2D eigenvalue weighted by Gasteiger charge is -2.11. The van der Waals surface area contributed by atoms with Crippen molar-refractivity contribution in [1.82, 2.24) is 15.5 Å². The van der Waals surface area contributed by atoms with Crippen LogP contribution in [0.15, 0.2) is 24.3 Å². The number of aromatic nitrogens is 2. The van der Waals surface area contributed by atoms with Gasteiger partial charge in [0.1, 0.15) is 0 Å². The summed E-state index contributed by atoms with van der Waals surface area (Å²) in [6.45, 7) is 0. The molecule has 1 heterocycles. The number of para-hydroxylation sites is 1. The third-order valence-electron chi connectivity index (χ3n) is 3.74. The zero-order chi connectivity index (χ0) is 13.2. The molecule has 1 fully saturated rings. The first-order valence-corrected chi connectivity index (χ1v) is 7.83. The fourth-order valence-corrected chi connectivity index (χ4v) is 3.47. The molecule has 1 aromatic carbocycles. The smallest absolute Gasteiger partial charge is 0.272 e. The summed E-state index contributed by atoms with van der Waals surface area (Å²) in [5, 5.41) is 11.7. The van der Waals surface area contributed by atoms with Gasteiger partial charge in [-0.05, 0) is 31.6 Å². The maximum absolute atomic E-state index is 12.3. The number of hydrogen-bond acceptors (Lipinski definition) is 3. The summed E-state index contributed by atoms with van der Waals surface area (Å²) in [5.74, 6) is -0.0656. The Bertz CT molecular complexity index is 595. The van der Waals surface area contributed by atoms with Crippen LogP contribution in [0.25, 0.3) is 10.9 Å². The van der Waals surface area contributed by atoms with Crippen LogP contribution in [-0.2, 0) is 0 Å². The number of aromatic amines is 1. The maximum atomic E-state index is 12.3. The molecule has 0 aliphatic heterocycles. The quantitative estimate of drug-likeness (QED) is 0.905. The first-order valence-electron chi connectivity index (χ1n) is 6.54. The highest BCUT2D eigenvalue weighted by atomic mass is 32.2. The van der Waals surface area contributed by atoms with Gasteiger partial charge in [0.15, 0.2) is 5.69 Å². The number of benzene rings is 1. The standard InChI is InChI=1S/C14H17N3OS/c1-19-10-7-6-9(8-10)15-14(18)13-11-4-2-3-5-12(11)16-17-13/h2-5,9-10H,6-8H2,1H3,(H,15,18)(H,16,17). The lowest BCUT2D eigenvalue weighted by Crippen LogP contribution is -2.33. The molecule has 0 saturated heterocycles. The van der Waals surface area contributed by atoms with Gasteiger partial charge in [-0.2, -0.15) is 16.9 Å². The van der Waals surface area contributed by atoms with Gasteiger partial charge in [-0.3, -0.25) is 9.89 Å². The molecular weight excluding hydrogens is 258 g/mol. The van der Waals surface area contributed by atoms with E-state index >= 15 is 0 Å². The lowest BCUT2D eigenvalue weighted by atomic mass is 10.2. The minimum Gasteiger partial charge on any atom is -0.348 e. The van der Waals surface area contributed by atoms with Crippen LogP contribution in [0.5, 0.6) is 0 Å². The summed E-state index contributed by atoms with van der Waals surface area (Å²) < 4.78 is 0. The molecule has 2 atom stereocenters. The number of fused-ring (bicyclic) bond motifs is 1. The van der Waals surface area contributed by atoms with E-state index in [0.717, 1.165) is 23.7 Å². The van der Waals surface area contributed by atoms with Crippen molar-refractivity contribution in [3.63, 3.8) is 0 Å². The molecule has 1 aromatic heterocycles. The third kappa shape index (κ3) is 2.47. The molecule has 100 valence electrons. The summed E-state index contributed by atoms with van der Waals surface area (Å²) >= 11 is 1.89. The zero-order valence-corrected chi connectivity index (χ0v) is 11.7. The first-order chi connectivity index (χ1) is 9.28. The van der Waals surface area contributed by atoms with Crippen LogP contribution in [0.4, 0.5) is 0 Å². The van der Waals surface area contributed by atoms with E-state index < -0.39 is 0 Å².